The summed E-state index contributed by atoms with van der Waals surface area (Å²) in [7, 11) is -3.73. The van der Waals surface area contributed by atoms with E-state index in [1.165, 1.54) is 4.31 Å². The molecule has 0 radical (unpaired) electrons. The van der Waals surface area contributed by atoms with E-state index in [2.05, 4.69) is 5.32 Å². The smallest absolute Gasteiger partial charge is 0.264 e. The normalized spacial score (nSPS) is 22.7. The fourth-order valence-electron chi connectivity index (χ4n) is 3.53. The second-order valence-electron chi connectivity index (χ2n) is 6.40. The minimum absolute atomic E-state index is 0.0920. The monoisotopic (exact) mass is 342 g/mol. The van der Waals surface area contributed by atoms with Crippen LogP contribution in [0.5, 0.6) is 0 Å². The number of ketones is 1. The Bertz CT molecular complexity index is 906. The highest BCUT2D eigenvalue weighted by Gasteiger charge is 2.46. The first-order valence-corrected chi connectivity index (χ1v) is 9.39. The van der Waals surface area contributed by atoms with Crippen LogP contribution < -0.4 is 9.62 Å². The van der Waals surface area contributed by atoms with Gasteiger partial charge in [0.15, 0.2) is 0 Å². The molecule has 2 aromatic carbocycles. The Balaban J connectivity index is 1.87. The summed E-state index contributed by atoms with van der Waals surface area (Å²) >= 11 is 0. The molecule has 0 saturated heterocycles. The number of anilines is 2. The number of fused-ring (bicyclic) bond motifs is 2. The van der Waals surface area contributed by atoms with Gasteiger partial charge in [0.25, 0.3) is 10.0 Å². The molecule has 1 aliphatic carbocycles. The van der Waals surface area contributed by atoms with Crippen molar-refractivity contribution in [1.29, 1.82) is 0 Å². The zero-order valence-corrected chi connectivity index (χ0v) is 14.1. The van der Waals surface area contributed by atoms with Crippen LogP contribution in [0.2, 0.25) is 0 Å². The topological polar surface area (TPSA) is 66.5 Å². The number of carbonyl (C=O) groups excluding carboxylic acids is 1. The van der Waals surface area contributed by atoms with Crippen molar-refractivity contribution < 1.29 is 13.2 Å². The molecule has 2 aromatic rings. The van der Waals surface area contributed by atoms with Crippen molar-refractivity contribution in [1.82, 2.24) is 0 Å². The van der Waals surface area contributed by atoms with Crippen molar-refractivity contribution in [2.45, 2.75) is 36.7 Å². The molecule has 24 heavy (non-hydrogen) atoms. The summed E-state index contributed by atoms with van der Waals surface area (Å²) in [5, 5.41) is 3.33. The largest absolute Gasteiger partial charge is 0.378 e. The van der Waals surface area contributed by atoms with Gasteiger partial charge in [-0.1, -0.05) is 29.8 Å². The van der Waals surface area contributed by atoms with E-state index in [1.54, 1.807) is 30.3 Å². The lowest BCUT2D eigenvalue weighted by Crippen LogP contribution is -2.50. The van der Waals surface area contributed by atoms with Gasteiger partial charge in [0.05, 0.1) is 28.4 Å². The highest BCUT2D eigenvalue weighted by atomic mass is 32.2. The van der Waals surface area contributed by atoms with Crippen LogP contribution in [0.25, 0.3) is 0 Å². The van der Waals surface area contributed by atoms with Crippen molar-refractivity contribution in [2.75, 3.05) is 9.62 Å². The van der Waals surface area contributed by atoms with E-state index in [0.29, 0.717) is 12.1 Å². The summed E-state index contributed by atoms with van der Waals surface area (Å²) in [5.41, 5.74) is 2.36. The Kier molecular flexibility index (Phi) is 3.38. The molecule has 4 rings (SSSR count). The van der Waals surface area contributed by atoms with Crippen molar-refractivity contribution in [3.05, 3.63) is 54.1 Å². The molecule has 0 aromatic heterocycles. The van der Waals surface area contributed by atoms with Crippen molar-refractivity contribution >= 4 is 27.2 Å². The van der Waals surface area contributed by atoms with E-state index in [9.17, 15) is 13.2 Å². The first-order valence-electron chi connectivity index (χ1n) is 7.95. The summed E-state index contributed by atoms with van der Waals surface area (Å²) < 4.78 is 28.0. The maximum absolute atomic E-state index is 13.3. The second-order valence-corrected chi connectivity index (χ2v) is 8.21. The standard InChI is InChI=1S/C18H18N2O3S/c1-12-6-8-14(9-7-12)24(22,23)20-17-5-3-2-4-15(17)19-16-10-13(21)11-18(16)20/h2-9,16,18-19H,10-11H2,1H3. The van der Waals surface area contributed by atoms with Gasteiger partial charge in [0, 0.05) is 12.8 Å². The van der Waals surface area contributed by atoms with E-state index < -0.39 is 10.0 Å². The summed E-state index contributed by atoms with van der Waals surface area (Å²) in [5.74, 6) is 0.0920. The summed E-state index contributed by atoms with van der Waals surface area (Å²) in [6.45, 7) is 1.92. The molecule has 0 bridgehead atoms. The Hall–Kier alpha value is -2.34. The van der Waals surface area contributed by atoms with Gasteiger partial charge in [-0.05, 0) is 31.2 Å². The number of nitrogens with zero attached hydrogens (tertiary/aromatic N) is 1. The van der Waals surface area contributed by atoms with Crippen LogP contribution in [-0.2, 0) is 14.8 Å². The summed E-state index contributed by atoms with van der Waals surface area (Å²) in [4.78, 5) is 12.2. The van der Waals surface area contributed by atoms with Crippen LogP contribution in [-0.4, -0.2) is 26.3 Å². The fourth-order valence-corrected chi connectivity index (χ4v) is 5.23. The molecular weight excluding hydrogens is 324 g/mol. The van der Waals surface area contributed by atoms with Gasteiger partial charge >= 0.3 is 0 Å². The molecule has 1 aliphatic heterocycles. The van der Waals surface area contributed by atoms with E-state index in [1.807, 2.05) is 25.1 Å². The van der Waals surface area contributed by atoms with Crippen molar-refractivity contribution in [3.63, 3.8) is 0 Å². The molecule has 0 spiro atoms. The number of benzene rings is 2. The lowest BCUT2D eigenvalue weighted by atomic mass is 10.1. The van der Waals surface area contributed by atoms with Crippen LogP contribution in [0.15, 0.2) is 53.4 Å². The first kappa shape index (κ1) is 15.2. The number of sulfonamides is 1. The molecule has 124 valence electrons. The molecule has 1 fully saturated rings. The Morgan fingerprint density at radius 3 is 2.50 bits per heavy atom. The lowest BCUT2D eigenvalue weighted by molar-refractivity contribution is -0.117. The predicted molar refractivity (Wildman–Crippen MR) is 92.7 cm³/mol. The average Bonchev–Trinajstić information content (AvgIpc) is 2.92. The number of aryl methyl sites for hydroxylation is 1. The number of hydrogen-bond donors (Lipinski definition) is 1. The molecule has 1 saturated carbocycles. The zero-order chi connectivity index (χ0) is 16.9. The van der Waals surface area contributed by atoms with Gasteiger partial charge in [-0.3, -0.25) is 9.10 Å². The molecular formula is C18H18N2O3S. The van der Waals surface area contributed by atoms with Gasteiger partial charge in [-0.2, -0.15) is 0 Å². The minimum atomic E-state index is -3.73. The van der Waals surface area contributed by atoms with Gasteiger partial charge in [0.2, 0.25) is 0 Å². The molecule has 0 amide bonds. The van der Waals surface area contributed by atoms with Crippen LogP contribution in [0, 0.1) is 6.92 Å². The Labute approximate surface area is 141 Å². The van der Waals surface area contributed by atoms with Gasteiger partial charge in [-0.25, -0.2) is 8.42 Å². The molecule has 6 heteroatoms. The SMILES string of the molecule is Cc1ccc(S(=O)(=O)N2c3ccccc3NC3CC(=O)CC32)cc1. The Morgan fingerprint density at radius 1 is 1.04 bits per heavy atom. The van der Waals surface area contributed by atoms with Gasteiger partial charge in [0.1, 0.15) is 5.78 Å². The van der Waals surface area contributed by atoms with Crippen LogP contribution in [0.3, 0.4) is 0 Å². The molecule has 1 heterocycles. The first-order chi connectivity index (χ1) is 11.5. The number of para-hydroxylation sites is 2. The average molecular weight is 342 g/mol. The van der Waals surface area contributed by atoms with Crippen LogP contribution in [0.1, 0.15) is 18.4 Å². The zero-order valence-electron chi connectivity index (χ0n) is 13.3. The third-order valence-corrected chi connectivity index (χ3v) is 6.56. The van der Waals surface area contributed by atoms with Crippen LogP contribution in [0.4, 0.5) is 11.4 Å². The third kappa shape index (κ3) is 2.29. The number of nitrogens with one attached hydrogen (secondary N) is 1. The molecule has 2 atom stereocenters. The highest BCUT2D eigenvalue weighted by Crippen LogP contribution is 2.41. The number of Topliss-reactive ketones (excluding diaryl/α,β-unsaturated/α-hetero) is 1. The fraction of sp³-hybridized carbons (Fsp3) is 0.278. The predicted octanol–water partition coefficient (Wildman–Crippen LogP) is 2.72. The highest BCUT2D eigenvalue weighted by molar-refractivity contribution is 7.92. The summed E-state index contributed by atoms with van der Waals surface area (Å²) in [6.07, 6.45) is 0.607. The minimum Gasteiger partial charge on any atom is -0.378 e. The molecule has 2 aliphatic rings. The maximum atomic E-state index is 13.3. The van der Waals surface area contributed by atoms with Crippen molar-refractivity contribution in [3.8, 4) is 0 Å². The maximum Gasteiger partial charge on any atom is 0.264 e. The molecule has 2 unspecified atom stereocenters. The number of carbonyl (C=O) groups is 1. The lowest BCUT2D eigenvalue weighted by Gasteiger charge is -2.40. The number of rotatable bonds is 2. The third-order valence-electron chi connectivity index (χ3n) is 4.71. The van der Waals surface area contributed by atoms with E-state index in [-0.39, 0.29) is 29.2 Å². The summed E-state index contributed by atoms with van der Waals surface area (Å²) in [6, 6.07) is 13.6. The molecule has 5 nitrogen and oxygen atoms in total. The van der Waals surface area contributed by atoms with E-state index in [4.69, 9.17) is 0 Å². The number of hydrogen-bond acceptors (Lipinski definition) is 4. The quantitative estimate of drug-likeness (QED) is 0.911. The van der Waals surface area contributed by atoms with Gasteiger partial charge < -0.3 is 5.32 Å². The van der Waals surface area contributed by atoms with Crippen molar-refractivity contribution in [2.24, 2.45) is 0 Å². The van der Waals surface area contributed by atoms with Crippen LogP contribution >= 0.6 is 0 Å². The molecule has 1 N–H and O–H groups in total. The van der Waals surface area contributed by atoms with Gasteiger partial charge in [-0.15, -0.1) is 0 Å². The van der Waals surface area contributed by atoms with E-state index in [0.717, 1.165) is 11.3 Å². The second kappa shape index (κ2) is 5.34. The van der Waals surface area contributed by atoms with E-state index >= 15 is 0 Å². The Morgan fingerprint density at radius 2 is 1.75 bits per heavy atom.